The Morgan fingerprint density at radius 3 is 2.69 bits per heavy atom. The first-order chi connectivity index (χ1) is 14.3. The summed E-state index contributed by atoms with van der Waals surface area (Å²) in [6.07, 6.45) is 1.86. The molecule has 5 rings (SSSR count). The van der Waals surface area contributed by atoms with Crippen LogP contribution in [-0.2, 0) is 4.74 Å². The number of imidazole rings is 1. The summed E-state index contributed by atoms with van der Waals surface area (Å²) in [5, 5.41) is 0.985. The van der Waals surface area contributed by atoms with E-state index in [1.54, 1.807) is 11.3 Å². The highest BCUT2D eigenvalue weighted by Gasteiger charge is 2.18. The van der Waals surface area contributed by atoms with Gasteiger partial charge in [0, 0.05) is 24.9 Å². The molecule has 2 aromatic heterocycles. The van der Waals surface area contributed by atoms with Gasteiger partial charge in [-0.05, 0) is 18.2 Å². The fourth-order valence-corrected chi connectivity index (χ4v) is 4.35. The van der Waals surface area contributed by atoms with E-state index in [-0.39, 0.29) is 5.69 Å². The van der Waals surface area contributed by atoms with Crippen LogP contribution in [0.4, 0.5) is 10.8 Å². The summed E-state index contributed by atoms with van der Waals surface area (Å²) < 4.78 is 5.47. The van der Waals surface area contributed by atoms with Crippen molar-refractivity contribution in [1.29, 1.82) is 0 Å². The molecule has 0 saturated carbocycles. The SMILES string of the molecule is O=c1[nH]c2ccc(N=Cc3sc(N4CCOCC4)nc3-c3ccccc3)cc2[nH]1. The van der Waals surface area contributed by atoms with Crippen molar-refractivity contribution in [2.75, 3.05) is 31.2 Å². The number of H-pyrrole nitrogens is 2. The van der Waals surface area contributed by atoms with E-state index in [4.69, 9.17) is 9.72 Å². The lowest BCUT2D eigenvalue weighted by Gasteiger charge is -2.26. The van der Waals surface area contributed by atoms with Crippen LogP contribution in [0.3, 0.4) is 0 Å². The van der Waals surface area contributed by atoms with E-state index < -0.39 is 0 Å². The first-order valence-corrected chi connectivity index (χ1v) is 10.2. The van der Waals surface area contributed by atoms with Crippen molar-refractivity contribution in [1.82, 2.24) is 15.0 Å². The van der Waals surface area contributed by atoms with Crippen molar-refractivity contribution in [3.8, 4) is 11.3 Å². The summed E-state index contributed by atoms with van der Waals surface area (Å²) in [7, 11) is 0. The zero-order valence-corrected chi connectivity index (χ0v) is 16.4. The fraction of sp³-hybridized carbons (Fsp3) is 0.190. The van der Waals surface area contributed by atoms with Gasteiger partial charge in [-0.25, -0.2) is 9.78 Å². The smallest absolute Gasteiger partial charge is 0.323 e. The van der Waals surface area contributed by atoms with Gasteiger partial charge in [0.15, 0.2) is 5.13 Å². The van der Waals surface area contributed by atoms with Crippen molar-refractivity contribution < 1.29 is 4.74 Å². The molecule has 29 heavy (non-hydrogen) atoms. The number of nitrogens with one attached hydrogen (secondary N) is 2. The van der Waals surface area contributed by atoms with Gasteiger partial charge in [-0.15, -0.1) is 0 Å². The van der Waals surface area contributed by atoms with E-state index in [2.05, 4.69) is 32.0 Å². The average Bonchev–Trinajstić information content (AvgIpc) is 3.36. The molecule has 3 heterocycles. The van der Waals surface area contributed by atoms with Crippen LogP contribution in [0.15, 0.2) is 58.3 Å². The first-order valence-electron chi connectivity index (χ1n) is 9.41. The Morgan fingerprint density at radius 1 is 1.07 bits per heavy atom. The maximum atomic E-state index is 11.5. The van der Waals surface area contributed by atoms with Crippen molar-refractivity contribution in [3.63, 3.8) is 0 Å². The number of benzene rings is 2. The van der Waals surface area contributed by atoms with Crippen molar-refractivity contribution in [3.05, 3.63) is 63.9 Å². The van der Waals surface area contributed by atoms with Gasteiger partial charge in [0.25, 0.3) is 0 Å². The molecule has 1 fully saturated rings. The van der Waals surface area contributed by atoms with Crippen molar-refractivity contribution in [2.24, 2.45) is 4.99 Å². The first kappa shape index (κ1) is 17.8. The highest BCUT2D eigenvalue weighted by molar-refractivity contribution is 7.17. The molecule has 4 aromatic rings. The quantitative estimate of drug-likeness (QED) is 0.508. The zero-order chi connectivity index (χ0) is 19.6. The molecular weight excluding hydrogens is 386 g/mol. The molecule has 8 heteroatoms. The zero-order valence-electron chi connectivity index (χ0n) is 15.6. The van der Waals surface area contributed by atoms with Gasteiger partial charge in [0.2, 0.25) is 0 Å². The third-order valence-electron chi connectivity index (χ3n) is 4.80. The lowest BCUT2D eigenvalue weighted by molar-refractivity contribution is 0.122. The molecule has 146 valence electrons. The van der Waals surface area contributed by atoms with Gasteiger partial charge >= 0.3 is 5.69 Å². The third kappa shape index (κ3) is 3.72. The highest BCUT2D eigenvalue weighted by Crippen LogP contribution is 2.33. The van der Waals surface area contributed by atoms with Crippen LogP contribution in [-0.4, -0.2) is 47.5 Å². The highest BCUT2D eigenvalue weighted by atomic mass is 32.1. The molecule has 0 radical (unpaired) electrons. The number of morpholine rings is 1. The molecule has 0 unspecified atom stereocenters. The molecule has 0 aliphatic carbocycles. The molecule has 2 N–H and O–H groups in total. The molecule has 1 aliphatic heterocycles. The standard InChI is InChI=1S/C21H19N5O2S/c27-20-23-16-7-6-15(12-17(16)24-20)22-13-18-19(14-4-2-1-3-5-14)25-21(29-18)26-8-10-28-11-9-26/h1-7,12-13H,8-11H2,(H2,23,24,27). The Labute approximate surface area is 170 Å². The molecule has 0 bridgehead atoms. The van der Waals surface area contributed by atoms with Crippen LogP contribution < -0.4 is 10.6 Å². The van der Waals surface area contributed by atoms with E-state index in [0.29, 0.717) is 0 Å². The summed E-state index contributed by atoms with van der Waals surface area (Å²) >= 11 is 1.63. The molecule has 1 saturated heterocycles. The number of rotatable bonds is 4. The summed E-state index contributed by atoms with van der Waals surface area (Å²) in [5.41, 5.74) is 4.06. The van der Waals surface area contributed by atoms with E-state index in [1.165, 1.54) is 0 Å². The number of aromatic nitrogens is 3. The second kappa shape index (κ2) is 7.65. The second-order valence-electron chi connectivity index (χ2n) is 6.74. The second-order valence-corrected chi connectivity index (χ2v) is 7.75. The van der Waals surface area contributed by atoms with Crippen molar-refractivity contribution >= 4 is 39.4 Å². The number of aliphatic imine (C=N–C) groups is 1. The van der Waals surface area contributed by atoms with E-state index in [9.17, 15) is 4.79 Å². The predicted molar refractivity (Wildman–Crippen MR) is 117 cm³/mol. The Kier molecular flexibility index (Phi) is 4.71. The molecule has 7 nitrogen and oxygen atoms in total. The number of ether oxygens (including phenoxy) is 1. The topological polar surface area (TPSA) is 86.4 Å². The van der Waals surface area contributed by atoms with Gasteiger partial charge in [-0.1, -0.05) is 41.7 Å². The minimum absolute atomic E-state index is 0.217. The molecule has 2 aromatic carbocycles. The van der Waals surface area contributed by atoms with E-state index in [1.807, 2.05) is 42.6 Å². The Balaban J connectivity index is 1.52. The van der Waals surface area contributed by atoms with Crippen LogP contribution in [0, 0.1) is 0 Å². The lowest BCUT2D eigenvalue weighted by atomic mass is 10.1. The maximum absolute atomic E-state index is 11.5. The van der Waals surface area contributed by atoms with E-state index >= 15 is 0 Å². The third-order valence-corrected chi connectivity index (χ3v) is 5.85. The van der Waals surface area contributed by atoms with Gasteiger partial charge in [0.05, 0.1) is 40.5 Å². The summed E-state index contributed by atoms with van der Waals surface area (Å²) in [5.74, 6) is 0. The van der Waals surface area contributed by atoms with Gasteiger partial charge in [-0.2, -0.15) is 0 Å². The molecular formula is C21H19N5O2S. The number of hydrogen-bond donors (Lipinski definition) is 2. The molecule has 0 amide bonds. The minimum atomic E-state index is -0.217. The number of nitrogens with zero attached hydrogens (tertiary/aromatic N) is 3. The predicted octanol–water partition coefficient (Wildman–Crippen LogP) is 3.57. The van der Waals surface area contributed by atoms with Gasteiger partial charge in [-0.3, -0.25) is 4.99 Å². The fourth-order valence-electron chi connectivity index (χ4n) is 3.33. The van der Waals surface area contributed by atoms with Crippen LogP contribution in [0.5, 0.6) is 0 Å². The number of anilines is 1. The normalized spacial score (nSPS) is 14.8. The Bertz CT molecular complexity index is 1220. The van der Waals surface area contributed by atoms with Crippen molar-refractivity contribution in [2.45, 2.75) is 0 Å². The molecule has 1 aliphatic rings. The van der Waals surface area contributed by atoms with Gasteiger partial charge in [0.1, 0.15) is 0 Å². The molecule has 0 spiro atoms. The van der Waals surface area contributed by atoms with Gasteiger partial charge < -0.3 is 19.6 Å². The number of aromatic amines is 2. The van der Waals surface area contributed by atoms with Crippen LogP contribution in [0.1, 0.15) is 4.88 Å². The minimum Gasteiger partial charge on any atom is -0.378 e. The van der Waals surface area contributed by atoms with Crippen LogP contribution in [0.25, 0.3) is 22.3 Å². The summed E-state index contributed by atoms with van der Waals surface area (Å²) in [4.78, 5) is 29.8. The number of hydrogen-bond acceptors (Lipinski definition) is 6. The number of fused-ring (bicyclic) bond motifs is 1. The lowest BCUT2D eigenvalue weighted by Crippen LogP contribution is -2.36. The Hall–Kier alpha value is -3.23. The largest absolute Gasteiger partial charge is 0.378 e. The van der Waals surface area contributed by atoms with Crippen LogP contribution >= 0.6 is 11.3 Å². The average molecular weight is 405 g/mol. The number of thiazole rings is 1. The maximum Gasteiger partial charge on any atom is 0.323 e. The summed E-state index contributed by atoms with van der Waals surface area (Å²) in [6.45, 7) is 3.13. The molecule has 0 atom stereocenters. The monoisotopic (exact) mass is 405 g/mol. The summed E-state index contributed by atoms with van der Waals surface area (Å²) in [6, 6.07) is 15.7. The van der Waals surface area contributed by atoms with E-state index in [0.717, 1.165) is 64.3 Å². The Morgan fingerprint density at radius 2 is 1.86 bits per heavy atom. The van der Waals surface area contributed by atoms with Crippen LogP contribution in [0.2, 0.25) is 0 Å².